The molecule has 1 nitrogen and oxygen atoms in total. The van der Waals surface area contributed by atoms with Gasteiger partial charge in [-0.3, -0.25) is 0 Å². The molecule has 0 amide bonds. The SMILES string of the molecule is Fc1cc(CNCc2cc3c(s2)CCC3)ccc1Cl. The Bertz CT molecular complexity index is 572. The maximum atomic E-state index is 13.3. The van der Waals surface area contributed by atoms with E-state index in [4.69, 9.17) is 11.6 Å². The van der Waals surface area contributed by atoms with Crippen LogP contribution in [-0.4, -0.2) is 0 Å². The molecule has 0 radical (unpaired) electrons. The first-order valence-electron chi connectivity index (χ1n) is 6.47. The summed E-state index contributed by atoms with van der Waals surface area (Å²) in [5.41, 5.74) is 2.45. The first-order valence-corrected chi connectivity index (χ1v) is 7.67. The van der Waals surface area contributed by atoms with E-state index in [1.807, 2.05) is 17.4 Å². The average Bonchev–Trinajstić information content (AvgIpc) is 2.94. The summed E-state index contributed by atoms with van der Waals surface area (Å²) in [6.45, 7) is 1.51. The van der Waals surface area contributed by atoms with Crippen molar-refractivity contribution in [1.82, 2.24) is 5.32 Å². The third-order valence-corrected chi connectivity index (χ3v) is 4.95. The summed E-state index contributed by atoms with van der Waals surface area (Å²) in [5.74, 6) is -0.351. The van der Waals surface area contributed by atoms with Gasteiger partial charge >= 0.3 is 0 Å². The zero-order chi connectivity index (χ0) is 13.2. The van der Waals surface area contributed by atoms with Gasteiger partial charge in [0.15, 0.2) is 0 Å². The van der Waals surface area contributed by atoms with E-state index in [2.05, 4.69) is 11.4 Å². The molecule has 0 bridgehead atoms. The Morgan fingerprint density at radius 3 is 2.89 bits per heavy atom. The summed E-state index contributed by atoms with van der Waals surface area (Å²) in [4.78, 5) is 2.92. The fourth-order valence-electron chi connectivity index (χ4n) is 2.46. The zero-order valence-electron chi connectivity index (χ0n) is 10.5. The lowest BCUT2D eigenvalue weighted by Crippen LogP contribution is -2.11. The first-order chi connectivity index (χ1) is 9.22. The molecule has 1 N–H and O–H groups in total. The van der Waals surface area contributed by atoms with Crippen LogP contribution in [0.15, 0.2) is 24.3 Å². The van der Waals surface area contributed by atoms with E-state index in [1.165, 1.54) is 35.8 Å². The highest BCUT2D eigenvalue weighted by Crippen LogP contribution is 2.30. The van der Waals surface area contributed by atoms with Gasteiger partial charge in [0.05, 0.1) is 5.02 Å². The van der Waals surface area contributed by atoms with Gasteiger partial charge in [-0.1, -0.05) is 17.7 Å². The van der Waals surface area contributed by atoms with Gasteiger partial charge in [0.25, 0.3) is 0 Å². The zero-order valence-corrected chi connectivity index (χ0v) is 12.1. The van der Waals surface area contributed by atoms with E-state index in [0.29, 0.717) is 6.54 Å². The Morgan fingerprint density at radius 1 is 1.21 bits per heavy atom. The number of fused-ring (bicyclic) bond motifs is 1. The number of nitrogens with one attached hydrogen (secondary N) is 1. The first kappa shape index (κ1) is 13.1. The quantitative estimate of drug-likeness (QED) is 0.886. The van der Waals surface area contributed by atoms with E-state index in [1.54, 1.807) is 10.9 Å². The van der Waals surface area contributed by atoms with Crippen molar-refractivity contribution in [3.8, 4) is 0 Å². The number of thiophene rings is 1. The van der Waals surface area contributed by atoms with Crippen LogP contribution >= 0.6 is 22.9 Å². The standard InChI is InChI=1S/C15H15ClFNS/c16-13-5-4-10(6-14(13)17)8-18-9-12-7-11-2-1-3-15(11)19-12/h4-7,18H,1-3,8-9H2. The smallest absolute Gasteiger partial charge is 0.142 e. The fourth-order valence-corrected chi connectivity index (χ4v) is 3.81. The summed E-state index contributed by atoms with van der Waals surface area (Å²) in [5, 5.41) is 3.53. The van der Waals surface area contributed by atoms with Crippen molar-refractivity contribution < 1.29 is 4.39 Å². The number of aryl methyl sites for hydroxylation is 2. The Hall–Kier alpha value is -0.900. The monoisotopic (exact) mass is 295 g/mol. The molecule has 1 aromatic heterocycles. The number of hydrogen-bond donors (Lipinski definition) is 1. The van der Waals surface area contributed by atoms with Crippen LogP contribution in [0.4, 0.5) is 4.39 Å². The van der Waals surface area contributed by atoms with Gasteiger partial charge in [-0.2, -0.15) is 0 Å². The minimum absolute atomic E-state index is 0.179. The normalized spacial score (nSPS) is 13.8. The van der Waals surface area contributed by atoms with Crippen molar-refractivity contribution in [1.29, 1.82) is 0 Å². The molecule has 0 unspecified atom stereocenters. The van der Waals surface area contributed by atoms with Crippen molar-refractivity contribution in [2.24, 2.45) is 0 Å². The Balaban J connectivity index is 1.56. The van der Waals surface area contributed by atoms with Crippen LogP contribution in [0.5, 0.6) is 0 Å². The lowest BCUT2D eigenvalue weighted by atomic mass is 10.2. The molecular formula is C15H15ClFNS. The summed E-state index contributed by atoms with van der Waals surface area (Å²) in [7, 11) is 0. The van der Waals surface area contributed by atoms with Crippen LogP contribution in [0.2, 0.25) is 5.02 Å². The second-order valence-electron chi connectivity index (χ2n) is 4.87. The van der Waals surface area contributed by atoms with E-state index in [0.717, 1.165) is 12.1 Å². The largest absolute Gasteiger partial charge is 0.308 e. The molecule has 0 aliphatic heterocycles. The minimum Gasteiger partial charge on any atom is -0.308 e. The van der Waals surface area contributed by atoms with Crippen molar-refractivity contribution in [3.63, 3.8) is 0 Å². The van der Waals surface area contributed by atoms with Gasteiger partial charge in [0.1, 0.15) is 5.82 Å². The molecule has 2 aromatic rings. The highest BCUT2D eigenvalue weighted by molar-refractivity contribution is 7.12. The molecule has 0 fully saturated rings. The number of rotatable bonds is 4. The molecule has 100 valence electrons. The predicted octanol–water partition coefficient (Wildman–Crippen LogP) is 4.32. The molecule has 1 aliphatic carbocycles. The summed E-state index contributed by atoms with van der Waals surface area (Å²) in [6, 6.07) is 7.26. The number of halogens is 2. The molecule has 3 rings (SSSR count). The van der Waals surface area contributed by atoms with Gasteiger partial charge in [0.2, 0.25) is 0 Å². The molecular weight excluding hydrogens is 281 g/mol. The molecule has 1 heterocycles. The van der Waals surface area contributed by atoms with Gasteiger partial charge in [-0.25, -0.2) is 4.39 Å². The maximum absolute atomic E-state index is 13.3. The Morgan fingerprint density at radius 2 is 2.11 bits per heavy atom. The van der Waals surface area contributed by atoms with Crippen LogP contribution in [-0.2, 0) is 25.9 Å². The number of hydrogen-bond acceptors (Lipinski definition) is 2. The number of benzene rings is 1. The molecule has 1 aliphatic rings. The topological polar surface area (TPSA) is 12.0 Å². The Kier molecular flexibility index (Phi) is 3.87. The summed E-state index contributed by atoms with van der Waals surface area (Å²) in [6.07, 6.45) is 3.77. The second kappa shape index (κ2) is 5.61. The third kappa shape index (κ3) is 2.99. The minimum atomic E-state index is -0.351. The molecule has 19 heavy (non-hydrogen) atoms. The third-order valence-electron chi connectivity index (χ3n) is 3.41. The summed E-state index contributed by atoms with van der Waals surface area (Å²) < 4.78 is 13.3. The van der Waals surface area contributed by atoms with Crippen LogP contribution in [0.1, 0.15) is 27.3 Å². The van der Waals surface area contributed by atoms with E-state index in [-0.39, 0.29) is 10.8 Å². The predicted molar refractivity (Wildman–Crippen MR) is 78.3 cm³/mol. The van der Waals surface area contributed by atoms with Crippen molar-refractivity contribution >= 4 is 22.9 Å². The van der Waals surface area contributed by atoms with Gasteiger partial charge in [-0.05, 0) is 48.6 Å². The van der Waals surface area contributed by atoms with Crippen LogP contribution < -0.4 is 5.32 Å². The average molecular weight is 296 g/mol. The molecule has 1 aromatic carbocycles. The van der Waals surface area contributed by atoms with Crippen LogP contribution in [0.3, 0.4) is 0 Å². The van der Waals surface area contributed by atoms with Crippen molar-refractivity contribution in [3.05, 3.63) is 56.0 Å². The van der Waals surface area contributed by atoms with Gasteiger partial charge in [0, 0.05) is 22.8 Å². The van der Waals surface area contributed by atoms with Crippen LogP contribution in [0.25, 0.3) is 0 Å². The van der Waals surface area contributed by atoms with Crippen molar-refractivity contribution in [2.75, 3.05) is 0 Å². The van der Waals surface area contributed by atoms with Gasteiger partial charge in [-0.15, -0.1) is 11.3 Å². The molecule has 4 heteroatoms. The van der Waals surface area contributed by atoms with Crippen LogP contribution in [0, 0.1) is 5.82 Å². The van der Waals surface area contributed by atoms with E-state index < -0.39 is 0 Å². The molecule has 0 saturated heterocycles. The Labute approximate surface area is 121 Å². The lowest BCUT2D eigenvalue weighted by molar-refractivity contribution is 0.621. The van der Waals surface area contributed by atoms with E-state index in [9.17, 15) is 4.39 Å². The maximum Gasteiger partial charge on any atom is 0.142 e. The summed E-state index contributed by atoms with van der Waals surface area (Å²) >= 11 is 7.56. The second-order valence-corrected chi connectivity index (χ2v) is 6.50. The highest BCUT2D eigenvalue weighted by atomic mass is 35.5. The molecule has 0 spiro atoms. The molecule has 0 atom stereocenters. The van der Waals surface area contributed by atoms with Gasteiger partial charge < -0.3 is 5.32 Å². The van der Waals surface area contributed by atoms with E-state index >= 15 is 0 Å². The molecule has 0 saturated carbocycles. The highest BCUT2D eigenvalue weighted by Gasteiger charge is 2.14. The lowest BCUT2D eigenvalue weighted by Gasteiger charge is -2.04. The van der Waals surface area contributed by atoms with Crippen molar-refractivity contribution in [2.45, 2.75) is 32.4 Å². The fraction of sp³-hybridized carbons (Fsp3) is 0.333.